The van der Waals surface area contributed by atoms with E-state index in [-0.39, 0.29) is 5.91 Å². The molecule has 1 aliphatic carbocycles. The van der Waals surface area contributed by atoms with Gasteiger partial charge in [0.05, 0.1) is 0 Å². The van der Waals surface area contributed by atoms with E-state index in [9.17, 15) is 4.79 Å². The van der Waals surface area contributed by atoms with Crippen LogP contribution < -0.4 is 5.43 Å². The zero-order valence-electron chi connectivity index (χ0n) is 10.4. The van der Waals surface area contributed by atoms with Crippen LogP contribution in [0.4, 0.5) is 0 Å². The molecule has 0 aliphatic heterocycles. The summed E-state index contributed by atoms with van der Waals surface area (Å²) in [6.45, 7) is 2.22. The Balaban J connectivity index is 1.95. The quantitative estimate of drug-likeness (QED) is 0.814. The minimum absolute atomic E-state index is 0.183. The fourth-order valence-corrected chi connectivity index (χ4v) is 2.28. The van der Waals surface area contributed by atoms with Gasteiger partial charge in [-0.05, 0) is 55.9 Å². The lowest BCUT2D eigenvalue weighted by molar-refractivity contribution is 0.0954. The van der Waals surface area contributed by atoms with Gasteiger partial charge in [0, 0.05) is 16.3 Å². The topological polar surface area (TPSA) is 41.5 Å². The zero-order valence-corrected chi connectivity index (χ0v) is 11.2. The lowest BCUT2D eigenvalue weighted by atomic mass is 9.89. The molecule has 1 atom stereocenters. The van der Waals surface area contributed by atoms with Crippen LogP contribution in [0.15, 0.2) is 29.4 Å². The van der Waals surface area contributed by atoms with E-state index in [4.69, 9.17) is 11.6 Å². The molecule has 0 aromatic heterocycles. The molecule has 3 nitrogen and oxygen atoms in total. The zero-order chi connectivity index (χ0) is 13.0. The fraction of sp³-hybridized carbons (Fsp3) is 0.429. The number of hydrogen-bond donors (Lipinski definition) is 1. The maximum atomic E-state index is 11.8. The van der Waals surface area contributed by atoms with E-state index in [1.807, 2.05) is 0 Å². The average Bonchev–Trinajstić information content (AvgIpc) is 2.37. The maximum absolute atomic E-state index is 11.8. The summed E-state index contributed by atoms with van der Waals surface area (Å²) in [5, 5.41) is 4.84. The summed E-state index contributed by atoms with van der Waals surface area (Å²) in [6, 6.07) is 6.79. The van der Waals surface area contributed by atoms with Crippen molar-refractivity contribution in [2.75, 3.05) is 0 Å². The molecule has 0 heterocycles. The third kappa shape index (κ3) is 3.57. The lowest BCUT2D eigenvalue weighted by Gasteiger charge is -2.18. The Morgan fingerprint density at radius 3 is 2.78 bits per heavy atom. The molecule has 0 unspecified atom stereocenters. The second kappa shape index (κ2) is 6.01. The first-order valence-electron chi connectivity index (χ1n) is 6.26. The van der Waals surface area contributed by atoms with Crippen LogP contribution in [0, 0.1) is 5.92 Å². The lowest BCUT2D eigenvalue weighted by Crippen LogP contribution is -2.22. The molecule has 0 bridgehead atoms. The highest BCUT2D eigenvalue weighted by Crippen LogP contribution is 2.21. The van der Waals surface area contributed by atoms with Gasteiger partial charge in [-0.2, -0.15) is 5.10 Å². The van der Waals surface area contributed by atoms with Crippen molar-refractivity contribution in [1.29, 1.82) is 0 Å². The number of rotatable bonds is 2. The third-order valence-corrected chi connectivity index (χ3v) is 3.42. The molecule has 4 heteroatoms. The number of halogens is 1. The van der Waals surface area contributed by atoms with Gasteiger partial charge in [-0.25, -0.2) is 5.43 Å². The number of amides is 1. The molecule has 2 rings (SSSR count). The normalized spacial score (nSPS) is 21.9. The summed E-state index contributed by atoms with van der Waals surface area (Å²) < 4.78 is 0. The Morgan fingerprint density at radius 1 is 1.39 bits per heavy atom. The number of hydrazone groups is 1. The van der Waals surface area contributed by atoms with Crippen LogP contribution in [0.25, 0.3) is 0 Å². The van der Waals surface area contributed by atoms with E-state index < -0.39 is 0 Å². The molecule has 0 saturated heterocycles. The summed E-state index contributed by atoms with van der Waals surface area (Å²) in [5.41, 5.74) is 4.28. The van der Waals surface area contributed by atoms with E-state index >= 15 is 0 Å². The van der Waals surface area contributed by atoms with Crippen LogP contribution in [0.3, 0.4) is 0 Å². The van der Waals surface area contributed by atoms with Crippen molar-refractivity contribution in [2.24, 2.45) is 11.0 Å². The first kappa shape index (κ1) is 13.1. The van der Waals surface area contributed by atoms with E-state index in [0.29, 0.717) is 16.5 Å². The molecule has 1 fully saturated rings. The number of nitrogens with zero attached hydrogens (tertiary/aromatic N) is 1. The molecule has 1 saturated carbocycles. The van der Waals surface area contributed by atoms with Crippen molar-refractivity contribution < 1.29 is 4.79 Å². The van der Waals surface area contributed by atoms with E-state index in [2.05, 4.69) is 17.5 Å². The second-order valence-corrected chi connectivity index (χ2v) is 5.26. The Hall–Kier alpha value is -1.35. The third-order valence-electron chi connectivity index (χ3n) is 3.17. The number of carbonyl (C=O) groups is 1. The van der Waals surface area contributed by atoms with Crippen LogP contribution in [-0.4, -0.2) is 11.6 Å². The summed E-state index contributed by atoms with van der Waals surface area (Å²) in [5.74, 6) is 0.488. The molecular formula is C14H17ClN2O. The highest BCUT2D eigenvalue weighted by Gasteiger charge is 2.14. The van der Waals surface area contributed by atoms with Gasteiger partial charge < -0.3 is 0 Å². The smallest absolute Gasteiger partial charge is 0.267 e. The second-order valence-electron chi connectivity index (χ2n) is 4.83. The minimum Gasteiger partial charge on any atom is -0.267 e. The van der Waals surface area contributed by atoms with Crippen molar-refractivity contribution in [1.82, 2.24) is 5.43 Å². The Bertz CT molecular complexity index is 453. The monoisotopic (exact) mass is 264 g/mol. The molecular weight excluding hydrogens is 248 g/mol. The van der Waals surface area contributed by atoms with Crippen LogP contribution in [0.5, 0.6) is 0 Å². The van der Waals surface area contributed by atoms with Crippen molar-refractivity contribution in [3.05, 3.63) is 34.9 Å². The maximum Gasteiger partial charge on any atom is 0.271 e. The van der Waals surface area contributed by atoms with Crippen LogP contribution in [-0.2, 0) is 0 Å². The molecule has 1 amide bonds. The summed E-state index contributed by atoms with van der Waals surface area (Å²) in [7, 11) is 0. The molecule has 1 aromatic rings. The van der Waals surface area contributed by atoms with Gasteiger partial charge in [-0.1, -0.05) is 18.5 Å². The summed E-state index contributed by atoms with van der Waals surface area (Å²) >= 11 is 5.77. The highest BCUT2D eigenvalue weighted by molar-refractivity contribution is 6.30. The van der Waals surface area contributed by atoms with Gasteiger partial charge in [-0.15, -0.1) is 0 Å². The molecule has 18 heavy (non-hydrogen) atoms. The first-order valence-corrected chi connectivity index (χ1v) is 6.64. The standard InChI is InChI=1S/C14H17ClN2O/c1-10-3-2-4-13(9-10)16-17-14(18)11-5-7-12(15)8-6-11/h5-8,10H,2-4,9H2,1H3,(H,17,18)/b16-13-/t10-/m0/s1. The molecule has 0 spiro atoms. The predicted molar refractivity (Wildman–Crippen MR) is 74.0 cm³/mol. The number of carbonyl (C=O) groups excluding carboxylic acids is 1. The van der Waals surface area contributed by atoms with Gasteiger partial charge in [0.15, 0.2) is 0 Å². The van der Waals surface area contributed by atoms with Crippen molar-refractivity contribution >= 4 is 23.2 Å². The summed E-state index contributed by atoms with van der Waals surface area (Å²) in [4.78, 5) is 11.8. The molecule has 0 radical (unpaired) electrons. The van der Waals surface area contributed by atoms with E-state index in [1.54, 1.807) is 24.3 Å². The predicted octanol–water partition coefficient (Wildman–Crippen LogP) is 3.64. The van der Waals surface area contributed by atoms with Gasteiger partial charge in [0.2, 0.25) is 0 Å². The molecule has 1 N–H and O–H groups in total. The van der Waals surface area contributed by atoms with E-state index in [0.717, 1.165) is 25.0 Å². The highest BCUT2D eigenvalue weighted by atomic mass is 35.5. The van der Waals surface area contributed by atoms with Crippen molar-refractivity contribution in [3.8, 4) is 0 Å². The van der Waals surface area contributed by atoms with Crippen LogP contribution in [0.1, 0.15) is 43.0 Å². The number of hydrogen-bond acceptors (Lipinski definition) is 2. The molecule has 1 aromatic carbocycles. The van der Waals surface area contributed by atoms with Gasteiger partial charge in [-0.3, -0.25) is 4.79 Å². The SMILES string of the molecule is C[C@H]1CCC/C(=N/NC(=O)c2ccc(Cl)cc2)C1. The largest absolute Gasteiger partial charge is 0.271 e. The average molecular weight is 265 g/mol. The minimum atomic E-state index is -0.183. The Morgan fingerprint density at radius 2 is 2.11 bits per heavy atom. The van der Waals surface area contributed by atoms with Crippen molar-refractivity contribution in [3.63, 3.8) is 0 Å². The Labute approximate surface area is 112 Å². The summed E-state index contributed by atoms with van der Waals surface area (Å²) in [6.07, 6.45) is 4.40. The molecule has 96 valence electrons. The molecule has 1 aliphatic rings. The van der Waals surface area contributed by atoms with Crippen LogP contribution >= 0.6 is 11.6 Å². The van der Waals surface area contributed by atoms with Gasteiger partial charge >= 0.3 is 0 Å². The van der Waals surface area contributed by atoms with Crippen LogP contribution in [0.2, 0.25) is 5.02 Å². The first-order chi connectivity index (χ1) is 8.65. The Kier molecular flexibility index (Phi) is 4.37. The van der Waals surface area contributed by atoms with Gasteiger partial charge in [0.25, 0.3) is 5.91 Å². The fourth-order valence-electron chi connectivity index (χ4n) is 2.16. The number of benzene rings is 1. The van der Waals surface area contributed by atoms with E-state index in [1.165, 1.54) is 6.42 Å². The number of nitrogens with one attached hydrogen (secondary N) is 1. The van der Waals surface area contributed by atoms with Gasteiger partial charge in [0.1, 0.15) is 0 Å². The van der Waals surface area contributed by atoms with Crippen molar-refractivity contribution in [2.45, 2.75) is 32.6 Å².